The van der Waals surface area contributed by atoms with Gasteiger partial charge in [-0.15, -0.1) is 0 Å². The zero-order chi connectivity index (χ0) is 12.3. The molecule has 1 aliphatic carbocycles. The molecule has 1 aromatic rings. The van der Waals surface area contributed by atoms with Crippen LogP contribution in [-0.4, -0.2) is 13.0 Å². The average molecular weight is 232 g/mol. The van der Waals surface area contributed by atoms with E-state index in [0.717, 1.165) is 12.2 Å². The first-order chi connectivity index (χ1) is 8.20. The van der Waals surface area contributed by atoms with Crippen LogP contribution in [0.4, 0.5) is 5.69 Å². The van der Waals surface area contributed by atoms with Gasteiger partial charge in [0, 0.05) is 18.2 Å². The molecule has 0 aliphatic heterocycles. The third-order valence-electron chi connectivity index (χ3n) is 3.32. The SMILES string of the molecule is CNCc1cccc(NC(=O)[C@@H](C)C2CC2)c1. The van der Waals surface area contributed by atoms with Gasteiger partial charge in [-0.1, -0.05) is 19.1 Å². The Morgan fingerprint density at radius 1 is 1.47 bits per heavy atom. The van der Waals surface area contributed by atoms with E-state index in [9.17, 15) is 4.79 Å². The van der Waals surface area contributed by atoms with Crippen molar-refractivity contribution in [1.29, 1.82) is 0 Å². The molecule has 2 N–H and O–H groups in total. The van der Waals surface area contributed by atoms with Crippen LogP contribution in [0, 0.1) is 11.8 Å². The fourth-order valence-corrected chi connectivity index (χ4v) is 2.03. The van der Waals surface area contributed by atoms with Gasteiger partial charge in [-0.3, -0.25) is 4.79 Å². The van der Waals surface area contributed by atoms with Crippen molar-refractivity contribution in [3.05, 3.63) is 29.8 Å². The van der Waals surface area contributed by atoms with Gasteiger partial charge < -0.3 is 10.6 Å². The molecule has 17 heavy (non-hydrogen) atoms. The van der Waals surface area contributed by atoms with Gasteiger partial charge in [0.15, 0.2) is 0 Å². The van der Waals surface area contributed by atoms with Crippen molar-refractivity contribution in [3.8, 4) is 0 Å². The van der Waals surface area contributed by atoms with Crippen LogP contribution in [0.25, 0.3) is 0 Å². The molecule has 0 bridgehead atoms. The summed E-state index contributed by atoms with van der Waals surface area (Å²) in [6.07, 6.45) is 2.41. The molecule has 1 atom stereocenters. The molecule has 0 saturated heterocycles. The van der Waals surface area contributed by atoms with Gasteiger partial charge in [0.05, 0.1) is 0 Å². The van der Waals surface area contributed by atoms with Crippen molar-refractivity contribution < 1.29 is 4.79 Å². The molecule has 1 saturated carbocycles. The van der Waals surface area contributed by atoms with Gasteiger partial charge in [-0.25, -0.2) is 0 Å². The summed E-state index contributed by atoms with van der Waals surface area (Å²) >= 11 is 0. The van der Waals surface area contributed by atoms with Crippen molar-refractivity contribution >= 4 is 11.6 Å². The number of benzene rings is 1. The second kappa shape index (κ2) is 5.32. The molecular formula is C14H20N2O. The van der Waals surface area contributed by atoms with E-state index in [-0.39, 0.29) is 11.8 Å². The van der Waals surface area contributed by atoms with Crippen LogP contribution in [0.3, 0.4) is 0 Å². The Kier molecular flexibility index (Phi) is 3.79. The molecule has 3 heteroatoms. The maximum Gasteiger partial charge on any atom is 0.227 e. The molecule has 0 aromatic heterocycles. The third-order valence-corrected chi connectivity index (χ3v) is 3.32. The van der Waals surface area contributed by atoms with E-state index in [4.69, 9.17) is 0 Å². The summed E-state index contributed by atoms with van der Waals surface area (Å²) in [5.74, 6) is 0.896. The Morgan fingerprint density at radius 3 is 2.88 bits per heavy atom. The van der Waals surface area contributed by atoms with Crippen molar-refractivity contribution in [1.82, 2.24) is 5.32 Å². The van der Waals surface area contributed by atoms with E-state index in [1.54, 1.807) is 0 Å². The first-order valence-corrected chi connectivity index (χ1v) is 6.25. The van der Waals surface area contributed by atoms with Crippen LogP contribution in [0.1, 0.15) is 25.3 Å². The number of amides is 1. The molecule has 0 radical (unpaired) electrons. The largest absolute Gasteiger partial charge is 0.326 e. The van der Waals surface area contributed by atoms with Crippen molar-refractivity contribution in [2.24, 2.45) is 11.8 Å². The maximum atomic E-state index is 11.9. The molecule has 1 amide bonds. The predicted octanol–water partition coefficient (Wildman–Crippen LogP) is 2.39. The summed E-state index contributed by atoms with van der Waals surface area (Å²) < 4.78 is 0. The number of nitrogens with one attached hydrogen (secondary N) is 2. The van der Waals surface area contributed by atoms with Gasteiger partial charge in [0.1, 0.15) is 0 Å². The minimum atomic E-state index is 0.142. The summed E-state index contributed by atoms with van der Waals surface area (Å²) in [5.41, 5.74) is 2.08. The van der Waals surface area contributed by atoms with Crippen molar-refractivity contribution in [2.45, 2.75) is 26.3 Å². The second-order valence-corrected chi connectivity index (χ2v) is 4.85. The Morgan fingerprint density at radius 2 is 2.24 bits per heavy atom. The molecule has 0 spiro atoms. The zero-order valence-corrected chi connectivity index (χ0v) is 10.5. The second-order valence-electron chi connectivity index (χ2n) is 4.85. The smallest absolute Gasteiger partial charge is 0.227 e. The van der Waals surface area contributed by atoms with Crippen LogP contribution in [0.15, 0.2) is 24.3 Å². The number of hydrogen-bond acceptors (Lipinski definition) is 2. The molecular weight excluding hydrogens is 212 g/mol. The predicted molar refractivity (Wildman–Crippen MR) is 69.7 cm³/mol. The van der Waals surface area contributed by atoms with E-state index < -0.39 is 0 Å². The highest BCUT2D eigenvalue weighted by Crippen LogP contribution is 2.37. The van der Waals surface area contributed by atoms with Gasteiger partial charge in [-0.2, -0.15) is 0 Å². The lowest BCUT2D eigenvalue weighted by atomic mass is 10.1. The van der Waals surface area contributed by atoms with Gasteiger partial charge >= 0.3 is 0 Å². The highest BCUT2D eigenvalue weighted by Gasteiger charge is 2.32. The van der Waals surface area contributed by atoms with Gasteiger partial charge in [-0.05, 0) is 43.5 Å². The number of carbonyl (C=O) groups is 1. The topological polar surface area (TPSA) is 41.1 Å². The summed E-state index contributed by atoms with van der Waals surface area (Å²) in [6, 6.07) is 7.99. The molecule has 1 fully saturated rings. The molecule has 1 aromatic carbocycles. The monoisotopic (exact) mass is 232 g/mol. The Bertz CT molecular complexity index is 399. The average Bonchev–Trinajstić information content (AvgIpc) is 3.13. The van der Waals surface area contributed by atoms with Crippen LogP contribution < -0.4 is 10.6 Å². The third kappa shape index (κ3) is 3.30. The first-order valence-electron chi connectivity index (χ1n) is 6.25. The first kappa shape index (κ1) is 12.1. The Labute approximate surface area is 103 Å². The summed E-state index contributed by atoms with van der Waals surface area (Å²) in [7, 11) is 1.92. The molecule has 3 nitrogen and oxygen atoms in total. The molecule has 1 aliphatic rings. The molecule has 92 valence electrons. The van der Waals surface area contributed by atoms with E-state index in [2.05, 4.69) is 16.7 Å². The number of hydrogen-bond donors (Lipinski definition) is 2. The molecule has 2 rings (SSSR count). The van der Waals surface area contributed by atoms with Gasteiger partial charge in [0.25, 0.3) is 0 Å². The maximum absolute atomic E-state index is 11.9. The van der Waals surface area contributed by atoms with Crippen LogP contribution in [-0.2, 0) is 11.3 Å². The number of carbonyl (C=O) groups excluding carboxylic acids is 1. The summed E-state index contributed by atoms with van der Waals surface area (Å²) in [6.45, 7) is 2.84. The highest BCUT2D eigenvalue weighted by atomic mass is 16.1. The fraction of sp³-hybridized carbons (Fsp3) is 0.500. The van der Waals surface area contributed by atoms with Crippen molar-refractivity contribution in [2.75, 3.05) is 12.4 Å². The Balaban J connectivity index is 1.97. The van der Waals surface area contributed by atoms with Crippen LogP contribution >= 0.6 is 0 Å². The molecule has 0 unspecified atom stereocenters. The summed E-state index contributed by atoms with van der Waals surface area (Å²) in [4.78, 5) is 11.9. The normalized spacial score (nSPS) is 16.6. The minimum Gasteiger partial charge on any atom is -0.326 e. The highest BCUT2D eigenvalue weighted by molar-refractivity contribution is 5.92. The number of anilines is 1. The minimum absolute atomic E-state index is 0.142. The zero-order valence-electron chi connectivity index (χ0n) is 10.5. The Hall–Kier alpha value is -1.35. The van der Waals surface area contributed by atoms with Crippen LogP contribution in [0.5, 0.6) is 0 Å². The quantitative estimate of drug-likeness (QED) is 0.818. The lowest BCUT2D eigenvalue weighted by Crippen LogP contribution is -2.21. The van der Waals surface area contributed by atoms with E-state index in [1.807, 2.05) is 32.2 Å². The van der Waals surface area contributed by atoms with Crippen LogP contribution in [0.2, 0.25) is 0 Å². The van der Waals surface area contributed by atoms with Crippen molar-refractivity contribution in [3.63, 3.8) is 0 Å². The van der Waals surface area contributed by atoms with Gasteiger partial charge in [0.2, 0.25) is 5.91 Å². The van der Waals surface area contributed by atoms with E-state index in [1.165, 1.54) is 18.4 Å². The standard InChI is InChI=1S/C14H20N2O/c1-10(12-6-7-12)14(17)16-13-5-3-4-11(8-13)9-15-2/h3-5,8,10,12,15H,6-7,9H2,1-2H3,(H,16,17)/t10-/m0/s1. The number of rotatable bonds is 5. The van der Waals surface area contributed by atoms with E-state index >= 15 is 0 Å². The summed E-state index contributed by atoms with van der Waals surface area (Å²) in [5, 5.41) is 6.10. The van der Waals surface area contributed by atoms with E-state index in [0.29, 0.717) is 5.92 Å². The molecule has 0 heterocycles. The lowest BCUT2D eigenvalue weighted by Gasteiger charge is -2.11. The lowest BCUT2D eigenvalue weighted by molar-refractivity contribution is -0.119. The fourth-order valence-electron chi connectivity index (χ4n) is 2.03.